The molecule has 32 heavy (non-hydrogen) atoms. The van der Waals surface area contributed by atoms with Gasteiger partial charge in [-0.3, -0.25) is 9.98 Å². The molecule has 2 nitrogen and oxygen atoms in total. The fourth-order valence-electron chi connectivity index (χ4n) is 3.89. The zero-order valence-corrected chi connectivity index (χ0v) is 23.3. The van der Waals surface area contributed by atoms with Crippen molar-refractivity contribution in [2.75, 3.05) is 0 Å². The SMILES string of the molecule is Cc1cc(C)c(N=Cc2sc(C=Nc3c(C)cc(C)cc3C)c(C)c2C)c(C)c1.[Cl][Fe][Cl]. The van der Waals surface area contributed by atoms with Crippen LogP contribution >= 0.6 is 31.5 Å². The molecular weight excluding hydrogens is 499 g/mol. The average molecular weight is 529 g/mol. The van der Waals surface area contributed by atoms with E-state index in [1.807, 2.05) is 12.4 Å². The number of hydrogen-bond donors (Lipinski definition) is 0. The van der Waals surface area contributed by atoms with Gasteiger partial charge in [0.25, 0.3) is 0 Å². The second kappa shape index (κ2) is 12.2. The summed E-state index contributed by atoms with van der Waals surface area (Å²) in [5, 5.41) is 0. The first-order valence-electron chi connectivity index (χ1n) is 10.3. The molecule has 0 radical (unpaired) electrons. The first kappa shape index (κ1) is 26.8. The molecule has 6 heteroatoms. The van der Waals surface area contributed by atoms with E-state index in [0.717, 1.165) is 11.4 Å². The number of halogens is 2. The van der Waals surface area contributed by atoms with Gasteiger partial charge in [0.2, 0.25) is 0 Å². The predicted octanol–water partition coefficient (Wildman–Crippen LogP) is 9.09. The Bertz CT molecular complexity index is 1030. The number of thiophene rings is 1. The Morgan fingerprint density at radius 2 is 0.906 bits per heavy atom. The van der Waals surface area contributed by atoms with E-state index in [2.05, 4.69) is 79.7 Å². The molecule has 0 aliphatic rings. The summed E-state index contributed by atoms with van der Waals surface area (Å²) in [5.41, 5.74) is 12.1. The predicted molar refractivity (Wildman–Crippen MR) is 141 cm³/mol. The van der Waals surface area contributed by atoms with E-state index in [0.29, 0.717) is 0 Å². The molecule has 0 bridgehead atoms. The van der Waals surface area contributed by atoms with E-state index >= 15 is 0 Å². The molecule has 0 aliphatic carbocycles. The van der Waals surface area contributed by atoms with Crippen molar-refractivity contribution < 1.29 is 13.1 Å². The van der Waals surface area contributed by atoms with Crippen LogP contribution in [0.5, 0.6) is 0 Å². The van der Waals surface area contributed by atoms with Gasteiger partial charge in [-0.1, -0.05) is 35.4 Å². The number of hydrogen-bond acceptors (Lipinski definition) is 3. The zero-order chi connectivity index (χ0) is 24.0. The summed E-state index contributed by atoms with van der Waals surface area (Å²) < 4.78 is 0. The maximum absolute atomic E-state index is 4.83. The second-order valence-corrected chi connectivity index (χ2v) is 11.0. The van der Waals surface area contributed by atoms with Gasteiger partial charge >= 0.3 is 33.3 Å². The molecule has 0 atom stereocenters. The van der Waals surface area contributed by atoms with Crippen LogP contribution in [-0.4, -0.2) is 12.4 Å². The van der Waals surface area contributed by atoms with Gasteiger partial charge in [-0.25, -0.2) is 0 Å². The summed E-state index contributed by atoms with van der Waals surface area (Å²) in [5.74, 6) is 0. The van der Waals surface area contributed by atoms with E-state index in [-0.39, 0.29) is 13.1 Å². The van der Waals surface area contributed by atoms with Gasteiger partial charge in [0.1, 0.15) is 0 Å². The molecule has 0 fully saturated rings. The average Bonchev–Trinajstić information content (AvgIpc) is 2.95. The molecule has 3 aromatic rings. The number of rotatable bonds is 4. The van der Waals surface area contributed by atoms with Crippen molar-refractivity contribution in [3.63, 3.8) is 0 Å². The molecule has 0 aliphatic heterocycles. The summed E-state index contributed by atoms with van der Waals surface area (Å²) >= 11 is 1.95. The quantitative estimate of drug-likeness (QED) is 0.238. The molecular formula is C26H30Cl2FeN2S. The molecule has 0 unspecified atom stereocenters. The van der Waals surface area contributed by atoms with Crippen LogP contribution in [0, 0.1) is 55.4 Å². The van der Waals surface area contributed by atoms with Crippen molar-refractivity contribution in [1.29, 1.82) is 0 Å². The zero-order valence-electron chi connectivity index (χ0n) is 19.9. The van der Waals surface area contributed by atoms with Crippen LogP contribution in [0.25, 0.3) is 0 Å². The fourth-order valence-corrected chi connectivity index (χ4v) is 4.95. The van der Waals surface area contributed by atoms with E-state index < -0.39 is 0 Å². The van der Waals surface area contributed by atoms with Crippen LogP contribution < -0.4 is 0 Å². The molecule has 0 amide bonds. The molecule has 0 N–H and O–H groups in total. The van der Waals surface area contributed by atoms with Gasteiger partial charge < -0.3 is 0 Å². The third-order valence-electron chi connectivity index (χ3n) is 5.41. The third kappa shape index (κ3) is 6.79. The van der Waals surface area contributed by atoms with Gasteiger partial charge in [-0.2, -0.15) is 0 Å². The van der Waals surface area contributed by atoms with Crippen molar-refractivity contribution in [2.24, 2.45) is 9.98 Å². The Balaban J connectivity index is 0.00000114. The molecule has 1 heterocycles. The van der Waals surface area contributed by atoms with Gasteiger partial charge in [0.05, 0.1) is 11.4 Å². The molecule has 3 rings (SSSR count). The van der Waals surface area contributed by atoms with E-state index in [4.69, 9.17) is 30.2 Å². The molecule has 1 aromatic heterocycles. The minimum atomic E-state index is 0.194. The van der Waals surface area contributed by atoms with Crippen molar-refractivity contribution in [3.8, 4) is 0 Å². The topological polar surface area (TPSA) is 24.7 Å². The van der Waals surface area contributed by atoms with Crippen LogP contribution in [-0.2, 0) is 13.1 Å². The Labute approximate surface area is 211 Å². The van der Waals surface area contributed by atoms with Gasteiger partial charge in [0.15, 0.2) is 0 Å². The fraction of sp³-hybridized carbons (Fsp3) is 0.308. The number of nitrogens with zero attached hydrogens (tertiary/aromatic N) is 2. The standard InChI is InChI=1S/C26H30N2S.2ClH.Fe/c1-15-9-17(3)25(18(4)10-15)27-13-23-21(7)22(8)24(29-23)14-28-26-19(5)11-16(2)12-20(26)6;;;/h9-14H,1-8H3;2*1H;/q;;;+2/p-2. The number of aliphatic imine (C=N–C) groups is 2. The number of aryl methyl sites for hydroxylation is 6. The van der Waals surface area contributed by atoms with E-state index in [1.165, 1.54) is 54.3 Å². The second-order valence-electron chi connectivity index (χ2n) is 8.14. The summed E-state index contributed by atoms with van der Waals surface area (Å²) in [4.78, 5) is 12.0. The monoisotopic (exact) mass is 528 g/mol. The van der Waals surface area contributed by atoms with Crippen molar-refractivity contribution in [3.05, 3.63) is 78.5 Å². The van der Waals surface area contributed by atoms with E-state index in [1.54, 1.807) is 11.3 Å². The van der Waals surface area contributed by atoms with Crippen LogP contribution in [0.3, 0.4) is 0 Å². The third-order valence-corrected chi connectivity index (χ3v) is 6.68. The van der Waals surface area contributed by atoms with Gasteiger partial charge in [-0.15, -0.1) is 11.3 Å². The van der Waals surface area contributed by atoms with Crippen LogP contribution in [0.2, 0.25) is 0 Å². The van der Waals surface area contributed by atoms with Crippen LogP contribution in [0.4, 0.5) is 11.4 Å². The summed E-state index contributed by atoms with van der Waals surface area (Å²) in [6, 6.07) is 8.76. The maximum atomic E-state index is 4.83. The minimum absolute atomic E-state index is 0.194. The Kier molecular flexibility index (Phi) is 10.2. The van der Waals surface area contributed by atoms with Crippen LogP contribution in [0.1, 0.15) is 54.3 Å². The first-order valence-corrected chi connectivity index (χ1v) is 14.1. The Morgan fingerprint density at radius 1 is 0.625 bits per heavy atom. The molecule has 0 spiro atoms. The van der Waals surface area contributed by atoms with Crippen molar-refractivity contribution in [2.45, 2.75) is 55.4 Å². The molecule has 172 valence electrons. The Morgan fingerprint density at radius 3 is 1.19 bits per heavy atom. The van der Waals surface area contributed by atoms with Gasteiger partial charge in [-0.05, 0) is 88.8 Å². The van der Waals surface area contributed by atoms with Crippen molar-refractivity contribution >= 4 is 55.3 Å². The number of benzene rings is 2. The van der Waals surface area contributed by atoms with Gasteiger partial charge in [0, 0.05) is 22.2 Å². The normalized spacial score (nSPS) is 11.4. The van der Waals surface area contributed by atoms with E-state index in [9.17, 15) is 0 Å². The molecule has 0 saturated carbocycles. The summed E-state index contributed by atoms with van der Waals surface area (Å²) in [7, 11) is 9.53. The summed E-state index contributed by atoms with van der Waals surface area (Å²) in [6.07, 6.45) is 4.02. The molecule has 2 aromatic carbocycles. The molecule has 0 saturated heterocycles. The summed E-state index contributed by atoms with van der Waals surface area (Å²) in [6.45, 7) is 17.1. The first-order chi connectivity index (χ1) is 15.1. The van der Waals surface area contributed by atoms with Crippen LogP contribution in [0.15, 0.2) is 34.3 Å². The Hall–Kier alpha value is -1.42. The van der Waals surface area contributed by atoms with Crippen molar-refractivity contribution in [1.82, 2.24) is 0 Å².